The molecule has 16 heavy (non-hydrogen) atoms. The summed E-state index contributed by atoms with van der Waals surface area (Å²) >= 11 is 3.15. The van der Waals surface area contributed by atoms with Crippen molar-refractivity contribution in [1.82, 2.24) is 0 Å². The Morgan fingerprint density at radius 1 is 1.25 bits per heavy atom. The minimum Gasteiger partial charge on any atom is -0.258 e. The van der Waals surface area contributed by atoms with Gasteiger partial charge in [-0.3, -0.25) is 10.1 Å². The fourth-order valence-electron chi connectivity index (χ4n) is 1.14. The molecule has 0 unspecified atom stereocenters. The third-order valence-electron chi connectivity index (χ3n) is 1.95. The van der Waals surface area contributed by atoms with E-state index >= 15 is 0 Å². The molecular weight excluding hydrogens is 298 g/mol. The van der Waals surface area contributed by atoms with Crippen LogP contribution in [-0.2, 0) is 9.84 Å². The summed E-state index contributed by atoms with van der Waals surface area (Å²) in [7, 11) is -3.32. The van der Waals surface area contributed by atoms with Crippen molar-refractivity contribution < 1.29 is 13.3 Å². The molecule has 0 spiro atoms. The summed E-state index contributed by atoms with van der Waals surface area (Å²) in [6.45, 7) is 0. The Morgan fingerprint density at radius 3 is 2.25 bits per heavy atom. The molecule has 0 bridgehead atoms. The highest BCUT2D eigenvalue weighted by Crippen LogP contribution is 2.17. The number of non-ortho nitro benzene ring substituents is 1. The Labute approximate surface area is 102 Å². The summed E-state index contributed by atoms with van der Waals surface area (Å²) in [5, 5.41) is 11.0. The topological polar surface area (TPSA) is 77.3 Å². The third kappa shape index (κ3) is 3.28. The number of sulfone groups is 1. The van der Waals surface area contributed by atoms with E-state index < -0.39 is 14.8 Å². The van der Waals surface area contributed by atoms with Gasteiger partial charge in [-0.2, -0.15) is 0 Å². The van der Waals surface area contributed by atoms with Crippen LogP contribution in [0.4, 0.5) is 5.69 Å². The molecule has 0 aromatic heterocycles. The van der Waals surface area contributed by atoms with E-state index in [1.807, 2.05) is 0 Å². The Kier molecular flexibility index (Phi) is 4.43. The van der Waals surface area contributed by atoms with Gasteiger partial charge in [-0.1, -0.05) is 15.9 Å². The molecule has 0 amide bonds. The fourth-order valence-corrected chi connectivity index (χ4v) is 3.10. The molecule has 0 saturated heterocycles. The predicted molar refractivity (Wildman–Crippen MR) is 63.6 cm³/mol. The first-order valence-electron chi connectivity index (χ1n) is 4.50. The molecule has 0 N–H and O–H groups in total. The van der Waals surface area contributed by atoms with Crippen LogP contribution in [-0.4, -0.2) is 24.4 Å². The number of halogens is 1. The summed E-state index contributed by atoms with van der Waals surface area (Å²) in [5.41, 5.74) is -0.112. The van der Waals surface area contributed by atoms with Gasteiger partial charge in [0.2, 0.25) is 0 Å². The van der Waals surface area contributed by atoms with Crippen LogP contribution in [0.3, 0.4) is 0 Å². The van der Waals surface area contributed by atoms with Crippen LogP contribution in [0.1, 0.15) is 6.42 Å². The third-order valence-corrected chi connectivity index (χ3v) is 4.33. The molecule has 0 atom stereocenters. The van der Waals surface area contributed by atoms with Gasteiger partial charge in [0.1, 0.15) is 0 Å². The highest BCUT2D eigenvalue weighted by molar-refractivity contribution is 9.09. The van der Waals surface area contributed by atoms with Gasteiger partial charge in [-0.05, 0) is 18.6 Å². The number of rotatable bonds is 5. The maximum atomic E-state index is 11.7. The van der Waals surface area contributed by atoms with Crippen LogP contribution in [0.25, 0.3) is 0 Å². The van der Waals surface area contributed by atoms with Gasteiger partial charge in [-0.15, -0.1) is 0 Å². The molecule has 1 rings (SSSR count). The molecule has 0 fully saturated rings. The smallest absolute Gasteiger partial charge is 0.258 e. The number of alkyl halides is 1. The SMILES string of the molecule is O=[N+]([O-])c1ccc(S(=O)(=O)CCCBr)cc1. The van der Waals surface area contributed by atoms with Crippen LogP contribution < -0.4 is 0 Å². The standard InChI is InChI=1S/C9H10BrNO4S/c10-6-1-7-16(14,15)9-4-2-8(3-5-9)11(12)13/h2-5H,1,6-7H2. The molecule has 1 aromatic carbocycles. The molecule has 0 aliphatic carbocycles. The molecule has 7 heteroatoms. The van der Waals surface area contributed by atoms with E-state index in [0.717, 1.165) is 0 Å². The Morgan fingerprint density at radius 2 is 1.81 bits per heavy atom. The van der Waals surface area contributed by atoms with Gasteiger partial charge >= 0.3 is 0 Å². The Bertz CT molecular complexity index is 469. The van der Waals surface area contributed by atoms with Gasteiger partial charge in [0.05, 0.1) is 15.6 Å². The lowest BCUT2D eigenvalue weighted by atomic mass is 10.3. The first-order chi connectivity index (χ1) is 7.47. The maximum Gasteiger partial charge on any atom is 0.269 e. The van der Waals surface area contributed by atoms with Crippen LogP contribution in [0.2, 0.25) is 0 Å². The molecule has 0 aliphatic rings. The largest absolute Gasteiger partial charge is 0.269 e. The second kappa shape index (κ2) is 5.40. The zero-order valence-corrected chi connectivity index (χ0v) is 10.7. The van der Waals surface area contributed by atoms with Crippen molar-refractivity contribution in [3.05, 3.63) is 34.4 Å². The zero-order chi connectivity index (χ0) is 12.2. The summed E-state index contributed by atoms with van der Waals surface area (Å²) in [6.07, 6.45) is 0.513. The van der Waals surface area contributed by atoms with E-state index in [-0.39, 0.29) is 16.3 Å². The lowest BCUT2D eigenvalue weighted by molar-refractivity contribution is -0.384. The zero-order valence-electron chi connectivity index (χ0n) is 8.30. The first-order valence-corrected chi connectivity index (χ1v) is 7.28. The van der Waals surface area contributed by atoms with Crippen LogP contribution in [0, 0.1) is 10.1 Å². The van der Waals surface area contributed by atoms with Crippen molar-refractivity contribution in [3.8, 4) is 0 Å². The van der Waals surface area contributed by atoms with Gasteiger partial charge < -0.3 is 0 Å². The van der Waals surface area contributed by atoms with Crippen LogP contribution in [0.5, 0.6) is 0 Å². The van der Waals surface area contributed by atoms with Crippen LogP contribution in [0.15, 0.2) is 29.2 Å². The summed E-state index contributed by atoms with van der Waals surface area (Å²) in [5.74, 6) is 0.0378. The van der Waals surface area contributed by atoms with Crippen molar-refractivity contribution in [2.75, 3.05) is 11.1 Å². The minimum atomic E-state index is -3.32. The lowest BCUT2D eigenvalue weighted by Gasteiger charge is -2.02. The molecular formula is C9H10BrNO4S. The van der Waals surface area contributed by atoms with Crippen molar-refractivity contribution in [2.45, 2.75) is 11.3 Å². The second-order valence-electron chi connectivity index (χ2n) is 3.11. The average molecular weight is 308 g/mol. The second-order valence-corrected chi connectivity index (χ2v) is 6.01. The number of hydrogen-bond donors (Lipinski definition) is 0. The molecule has 88 valence electrons. The highest BCUT2D eigenvalue weighted by Gasteiger charge is 2.15. The van der Waals surface area contributed by atoms with E-state index in [1.54, 1.807) is 0 Å². The lowest BCUT2D eigenvalue weighted by Crippen LogP contribution is -2.07. The van der Waals surface area contributed by atoms with Crippen molar-refractivity contribution in [2.24, 2.45) is 0 Å². The molecule has 0 saturated carbocycles. The average Bonchev–Trinajstić information content (AvgIpc) is 2.26. The van der Waals surface area contributed by atoms with E-state index in [0.29, 0.717) is 11.8 Å². The molecule has 5 nitrogen and oxygen atoms in total. The Hall–Kier alpha value is -0.950. The number of nitrogens with zero attached hydrogens (tertiary/aromatic N) is 1. The molecule has 0 radical (unpaired) electrons. The van der Waals surface area contributed by atoms with Crippen molar-refractivity contribution >= 4 is 31.5 Å². The normalized spacial score (nSPS) is 11.3. The summed E-state index contributed by atoms with van der Waals surface area (Å²) in [4.78, 5) is 9.95. The molecule has 1 aromatic rings. The first kappa shape index (κ1) is 13.1. The minimum absolute atomic E-state index is 0.0378. The van der Waals surface area contributed by atoms with Crippen LogP contribution >= 0.6 is 15.9 Å². The monoisotopic (exact) mass is 307 g/mol. The van der Waals surface area contributed by atoms with Crippen molar-refractivity contribution in [3.63, 3.8) is 0 Å². The summed E-state index contributed by atoms with van der Waals surface area (Å²) < 4.78 is 23.4. The number of hydrogen-bond acceptors (Lipinski definition) is 4. The van der Waals surface area contributed by atoms with E-state index in [4.69, 9.17) is 0 Å². The Balaban J connectivity index is 2.93. The number of nitro groups is 1. The van der Waals surface area contributed by atoms with Crippen molar-refractivity contribution in [1.29, 1.82) is 0 Å². The molecule has 0 aliphatic heterocycles. The maximum absolute atomic E-state index is 11.7. The predicted octanol–water partition coefficient (Wildman–Crippen LogP) is 2.15. The highest BCUT2D eigenvalue weighted by atomic mass is 79.9. The quantitative estimate of drug-likeness (QED) is 0.474. The van der Waals surface area contributed by atoms with E-state index in [2.05, 4.69) is 15.9 Å². The van der Waals surface area contributed by atoms with Gasteiger partial charge in [0.25, 0.3) is 5.69 Å². The van der Waals surface area contributed by atoms with Gasteiger partial charge in [0, 0.05) is 17.5 Å². The molecule has 0 heterocycles. The van der Waals surface area contributed by atoms with E-state index in [1.165, 1.54) is 24.3 Å². The fraction of sp³-hybridized carbons (Fsp3) is 0.333. The number of nitro benzene ring substituents is 1. The van der Waals surface area contributed by atoms with Gasteiger partial charge in [-0.25, -0.2) is 8.42 Å². The van der Waals surface area contributed by atoms with Gasteiger partial charge in [0.15, 0.2) is 9.84 Å². The van der Waals surface area contributed by atoms with E-state index in [9.17, 15) is 18.5 Å². The number of benzene rings is 1. The summed E-state index contributed by atoms with van der Waals surface area (Å²) in [6, 6.07) is 4.92.